The molecule has 9 nitrogen and oxygen atoms in total. The van der Waals surface area contributed by atoms with Gasteiger partial charge in [0.2, 0.25) is 0 Å². The van der Waals surface area contributed by atoms with Crippen molar-refractivity contribution < 1.29 is 4.74 Å². The molecule has 0 aliphatic carbocycles. The molecule has 1 saturated heterocycles. The smallest absolute Gasteiger partial charge is 0.252 e. The van der Waals surface area contributed by atoms with Crippen LogP contribution in [0.5, 0.6) is 5.75 Å². The van der Waals surface area contributed by atoms with Crippen LogP contribution in [-0.4, -0.2) is 56.5 Å². The van der Waals surface area contributed by atoms with Crippen molar-refractivity contribution in [3.05, 3.63) is 46.1 Å². The normalized spacial score (nSPS) is 19.6. The number of rotatable bonds is 7. The molecule has 4 heterocycles. The molecule has 0 saturated carbocycles. The molecule has 1 aliphatic heterocycles. The van der Waals surface area contributed by atoms with E-state index in [4.69, 9.17) is 15.0 Å². The summed E-state index contributed by atoms with van der Waals surface area (Å²) in [5.41, 5.74) is 4.50. The summed E-state index contributed by atoms with van der Waals surface area (Å²) in [4.78, 5) is 22.5. The SMILES string of the molecule is CC[C@H]1CN(C(C)c2ncc(OC)cc2C)[C@H](CC)CN1c1cc(=O)n(C)c2cn(CC#N)nc12. The fourth-order valence-corrected chi connectivity index (χ4v) is 5.33. The van der Waals surface area contributed by atoms with Gasteiger partial charge in [0.15, 0.2) is 0 Å². The average molecular weight is 478 g/mol. The van der Waals surface area contributed by atoms with E-state index in [2.05, 4.69) is 48.7 Å². The Morgan fingerprint density at radius 2 is 1.97 bits per heavy atom. The van der Waals surface area contributed by atoms with E-state index in [1.54, 1.807) is 41.9 Å². The maximum absolute atomic E-state index is 12.9. The maximum atomic E-state index is 12.9. The Labute approximate surface area is 206 Å². The van der Waals surface area contributed by atoms with Gasteiger partial charge in [0, 0.05) is 44.3 Å². The number of fused-ring (bicyclic) bond motifs is 1. The first-order valence-corrected chi connectivity index (χ1v) is 12.3. The van der Waals surface area contributed by atoms with Crippen molar-refractivity contribution in [1.29, 1.82) is 5.26 Å². The molecule has 1 aliphatic rings. The molecule has 4 rings (SSSR count). The first kappa shape index (κ1) is 24.7. The van der Waals surface area contributed by atoms with Gasteiger partial charge in [-0.15, -0.1) is 0 Å². The number of ether oxygens (including phenoxy) is 1. The van der Waals surface area contributed by atoms with E-state index in [0.717, 1.165) is 59.7 Å². The fraction of sp³-hybridized carbons (Fsp3) is 0.538. The third-order valence-electron chi connectivity index (χ3n) is 7.38. The van der Waals surface area contributed by atoms with Crippen LogP contribution >= 0.6 is 0 Å². The van der Waals surface area contributed by atoms with Gasteiger partial charge in [-0.3, -0.25) is 19.4 Å². The van der Waals surface area contributed by atoms with Gasteiger partial charge in [0.1, 0.15) is 17.8 Å². The predicted octanol–water partition coefficient (Wildman–Crippen LogP) is 3.41. The zero-order valence-electron chi connectivity index (χ0n) is 21.5. The molecule has 0 amide bonds. The van der Waals surface area contributed by atoms with Crippen LogP contribution in [0, 0.1) is 18.3 Å². The first-order chi connectivity index (χ1) is 16.8. The van der Waals surface area contributed by atoms with Crippen LogP contribution < -0.4 is 15.2 Å². The minimum atomic E-state index is -0.0687. The lowest BCUT2D eigenvalue weighted by Crippen LogP contribution is -2.59. The van der Waals surface area contributed by atoms with Gasteiger partial charge in [0.05, 0.1) is 42.5 Å². The van der Waals surface area contributed by atoms with Crippen molar-refractivity contribution in [1.82, 2.24) is 24.2 Å². The quantitative estimate of drug-likeness (QED) is 0.515. The van der Waals surface area contributed by atoms with Gasteiger partial charge in [-0.1, -0.05) is 13.8 Å². The second-order valence-corrected chi connectivity index (χ2v) is 9.37. The van der Waals surface area contributed by atoms with Gasteiger partial charge >= 0.3 is 0 Å². The molecule has 0 aromatic carbocycles. The summed E-state index contributed by atoms with van der Waals surface area (Å²) in [5, 5.41) is 13.8. The molecule has 0 N–H and O–H groups in total. The fourth-order valence-electron chi connectivity index (χ4n) is 5.33. The van der Waals surface area contributed by atoms with Gasteiger partial charge in [-0.05, 0) is 38.3 Å². The standard InChI is InChI=1S/C26H35N7O2/c1-7-19-15-33(22-12-24(34)30(5)23-16-31(10-9-27)29-26(22)23)20(8-2)14-32(19)18(4)25-17(3)11-21(35-6)13-28-25/h11-13,16,18-20H,7-8,10,14-15H2,1-6H3/t18?,19-,20+/m1/s1. The van der Waals surface area contributed by atoms with E-state index in [1.807, 2.05) is 6.07 Å². The van der Waals surface area contributed by atoms with Gasteiger partial charge < -0.3 is 14.2 Å². The zero-order chi connectivity index (χ0) is 25.3. The highest BCUT2D eigenvalue weighted by molar-refractivity contribution is 5.88. The van der Waals surface area contributed by atoms with Gasteiger partial charge in [-0.2, -0.15) is 10.4 Å². The molecule has 3 aromatic heterocycles. The van der Waals surface area contributed by atoms with Gasteiger partial charge in [0.25, 0.3) is 5.56 Å². The Kier molecular flexibility index (Phi) is 7.13. The Morgan fingerprint density at radius 1 is 1.23 bits per heavy atom. The van der Waals surface area contributed by atoms with Crippen molar-refractivity contribution in [3.63, 3.8) is 0 Å². The monoisotopic (exact) mass is 477 g/mol. The van der Waals surface area contributed by atoms with Crippen molar-refractivity contribution in [2.24, 2.45) is 7.05 Å². The van der Waals surface area contributed by atoms with E-state index in [9.17, 15) is 4.79 Å². The number of aromatic nitrogens is 4. The number of nitriles is 1. The van der Waals surface area contributed by atoms with Crippen LogP contribution in [0.15, 0.2) is 29.3 Å². The molecule has 1 fully saturated rings. The molecule has 0 spiro atoms. The Hall–Kier alpha value is -3.38. The van der Waals surface area contributed by atoms with Crippen molar-refractivity contribution in [2.45, 2.75) is 65.2 Å². The van der Waals surface area contributed by atoms with Crippen molar-refractivity contribution in [3.8, 4) is 11.8 Å². The van der Waals surface area contributed by atoms with Crippen molar-refractivity contribution in [2.75, 3.05) is 25.1 Å². The molecule has 35 heavy (non-hydrogen) atoms. The summed E-state index contributed by atoms with van der Waals surface area (Å²) >= 11 is 0. The Bertz CT molecular complexity index is 1310. The number of methoxy groups -OCH3 is 1. The molecular weight excluding hydrogens is 442 g/mol. The number of hydrogen-bond acceptors (Lipinski definition) is 7. The van der Waals surface area contributed by atoms with E-state index in [0.29, 0.717) is 0 Å². The largest absolute Gasteiger partial charge is 0.495 e. The average Bonchev–Trinajstić information content (AvgIpc) is 3.29. The molecule has 0 bridgehead atoms. The molecular formula is C26H35N7O2. The van der Waals surface area contributed by atoms with E-state index in [1.165, 1.54) is 0 Å². The third kappa shape index (κ3) is 4.50. The molecule has 3 atom stereocenters. The summed E-state index contributed by atoms with van der Waals surface area (Å²) < 4.78 is 8.57. The van der Waals surface area contributed by atoms with Crippen LogP contribution in [0.3, 0.4) is 0 Å². The van der Waals surface area contributed by atoms with Crippen LogP contribution in [-0.2, 0) is 13.6 Å². The number of nitrogens with zero attached hydrogens (tertiary/aromatic N) is 7. The van der Waals surface area contributed by atoms with Crippen LogP contribution in [0.4, 0.5) is 5.69 Å². The third-order valence-corrected chi connectivity index (χ3v) is 7.38. The first-order valence-electron chi connectivity index (χ1n) is 12.3. The lowest BCUT2D eigenvalue weighted by Gasteiger charge is -2.49. The molecule has 1 unspecified atom stereocenters. The van der Waals surface area contributed by atoms with Crippen molar-refractivity contribution >= 4 is 16.7 Å². The second-order valence-electron chi connectivity index (χ2n) is 9.37. The molecule has 3 aromatic rings. The van der Waals surface area contributed by atoms with Crippen LogP contribution in [0.25, 0.3) is 11.0 Å². The summed E-state index contributed by atoms with van der Waals surface area (Å²) in [5.74, 6) is 0.771. The molecule has 186 valence electrons. The van der Waals surface area contributed by atoms with E-state index >= 15 is 0 Å². The minimum absolute atomic E-state index is 0.0687. The number of anilines is 1. The Balaban J connectivity index is 1.72. The lowest BCUT2D eigenvalue weighted by molar-refractivity contribution is 0.0987. The number of hydrogen-bond donors (Lipinski definition) is 0. The molecule has 0 radical (unpaired) electrons. The second kappa shape index (κ2) is 10.1. The van der Waals surface area contributed by atoms with E-state index in [-0.39, 0.29) is 30.2 Å². The summed E-state index contributed by atoms with van der Waals surface area (Å²) in [7, 11) is 3.41. The topological polar surface area (TPSA) is 92.2 Å². The number of aryl methyl sites for hydroxylation is 2. The zero-order valence-corrected chi connectivity index (χ0v) is 21.5. The van der Waals surface area contributed by atoms with Crippen LogP contribution in [0.2, 0.25) is 0 Å². The van der Waals surface area contributed by atoms with Crippen LogP contribution in [0.1, 0.15) is 50.9 Å². The highest BCUT2D eigenvalue weighted by Gasteiger charge is 2.37. The number of pyridine rings is 2. The highest BCUT2D eigenvalue weighted by Crippen LogP contribution is 2.35. The predicted molar refractivity (Wildman–Crippen MR) is 137 cm³/mol. The minimum Gasteiger partial charge on any atom is -0.495 e. The van der Waals surface area contributed by atoms with E-state index < -0.39 is 0 Å². The molecule has 9 heteroatoms. The summed E-state index contributed by atoms with van der Waals surface area (Å²) in [6, 6.07) is 6.55. The highest BCUT2D eigenvalue weighted by atomic mass is 16.5. The maximum Gasteiger partial charge on any atom is 0.252 e. The van der Waals surface area contributed by atoms with Gasteiger partial charge in [-0.25, -0.2) is 0 Å². The Morgan fingerprint density at radius 3 is 2.60 bits per heavy atom. The lowest BCUT2D eigenvalue weighted by atomic mass is 9.97. The summed E-state index contributed by atoms with van der Waals surface area (Å²) in [6.45, 7) is 10.5. The summed E-state index contributed by atoms with van der Waals surface area (Å²) in [6.07, 6.45) is 5.49. The number of piperazine rings is 1.